The SMILES string of the molecule is CN(C)CCn1ccc2ccc(NC(=O)c3ccncc3F)cc21. The summed E-state index contributed by atoms with van der Waals surface area (Å²) in [4.78, 5) is 18.0. The maximum Gasteiger partial charge on any atom is 0.258 e. The lowest BCUT2D eigenvalue weighted by Gasteiger charge is -2.12. The molecule has 0 atom stereocenters. The van der Waals surface area contributed by atoms with Crippen molar-refractivity contribution < 1.29 is 9.18 Å². The van der Waals surface area contributed by atoms with Crippen LogP contribution in [0, 0.1) is 5.82 Å². The van der Waals surface area contributed by atoms with Gasteiger partial charge < -0.3 is 14.8 Å². The average molecular weight is 326 g/mol. The van der Waals surface area contributed by atoms with E-state index in [2.05, 4.69) is 19.8 Å². The number of rotatable bonds is 5. The van der Waals surface area contributed by atoms with Crippen LogP contribution >= 0.6 is 0 Å². The Kier molecular flexibility index (Phi) is 4.57. The summed E-state index contributed by atoms with van der Waals surface area (Å²) in [6.07, 6.45) is 4.46. The van der Waals surface area contributed by atoms with Gasteiger partial charge in [-0.05, 0) is 43.7 Å². The van der Waals surface area contributed by atoms with Gasteiger partial charge in [-0.25, -0.2) is 4.39 Å². The lowest BCUT2D eigenvalue weighted by molar-refractivity contribution is 0.102. The van der Waals surface area contributed by atoms with E-state index in [1.54, 1.807) is 0 Å². The zero-order valence-electron chi connectivity index (χ0n) is 13.7. The lowest BCUT2D eigenvalue weighted by atomic mass is 10.2. The third-order valence-electron chi connectivity index (χ3n) is 3.84. The van der Waals surface area contributed by atoms with E-state index in [0.717, 1.165) is 30.2 Å². The molecule has 0 saturated heterocycles. The van der Waals surface area contributed by atoms with Gasteiger partial charge in [-0.2, -0.15) is 0 Å². The predicted molar refractivity (Wildman–Crippen MR) is 92.6 cm³/mol. The first-order valence-corrected chi connectivity index (χ1v) is 7.69. The van der Waals surface area contributed by atoms with Crippen LogP contribution < -0.4 is 5.32 Å². The Hall–Kier alpha value is -2.73. The molecule has 0 unspecified atom stereocenters. The number of likely N-dealkylation sites (N-methyl/N-ethyl adjacent to an activating group) is 1. The minimum absolute atomic E-state index is 0.0203. The molecular weight excluding hydrogens is 307 g/mol. The van der Waals surface area contributed by atoms with Gasteiger partial charge in [0.05, 0.1) is 17.3 Å². The fourth-order valence-corrected chi connectivity index (χ4v) is 2.52. The Labute approximate surface area is 139 Å². The van der Waals surface area contributed by atoms with Crippen molar-refractivity contribution in [2.75, 3.05) is 26.0 Å². The second kappa shape index (κ2) is 6.80. The minimum Gasteiger partial charge on any atom is -0.346 e. The summed E-state index contributed by atoms with van der Waals surface area (Å²) >= 11 is 0. The van der Waals surface area contributed by atoms with E-state index in [-0.39, 0.29) is 5.56 Å². The summed E-state index contributed by atoms with van der Waals surface area (Å²) in [7, 11) is 4.06. The quantitative estimate of drug-likeness (QED) is 0.784. The first-order chi connectivity index (χ1) is 11.5. The van der Waals surface area contributed by atoms with Crippen molar-refractivity contribution in [2.45, 2.75) is 6.54 Å². The van der Waals surface area contributed by atoms with Gasteiger partial charge >= 0.3 is 0 Å². The molecule has 1 amide bonds. The molecular formula is C18H19FN4O. The molecule has 124 valence electrons. The van der Waals surface area contributed by atoms with Gasteiger partial charge in [-0.3, -0.25) is 9.78 Å². The van der Waals surface area contributed by atoms with Crippen LogP contribution in [0.4, 0.5) is 10.1 Å². The van der Waals surface area contributed by atoms with Crippen molar-refractivity contribution in [1.82, 2.24) is 14.5 Å². The van der Waals surface area contributed by atoms with Gasteiger partial charge in [0, 0.05) is 31.2 Å². The molecule has 0 aliphatic carbocycles. The highest BCUT2D eigenvalue weighted by Gasteiger charge is 2.12. The van der Waals surface area contributed by atoms with Crippen molar-refractivity contribution in [3.05, 3.63) is 60.3 Å². The van der Waals surface area contributed by atoms with E-state index >= 15 is 0 Å². The zero-order chi connectivity index (χ0) is 17.1. The number of carbonyl (C=O) groups excluding carboxylic acids is 1. The van der Waals surface area contributed by atoms with Crippen LogP contribution in [0.5, 0.6) is 0 Å². The number of benzene rings is 1. The number of anilines is 1. The summed E-state index contributed by atoms with van der Waals surface area (Å²) in [5, 5.41) is 3.84. The van der Waals surface area contributed by atoms with Gasteiger partial charge in [0.15, 0.2) is 5.82 Å². The van der Waals surface area contributed by atoms with Crippen molar-refractivity contribution in [3.63, 3.8) is 0 Å². The fourth-order valence-electron chi connectivity index (χ4n) is 2.52. The molecule has 0 aliphatic heterocycles. The van der Waals surface area contributed by atoms with E-state index in [0.29, 0.717) is 5.69 Å². The highest BCUT2D eigenvalue weighted by atomic mass is 19.1. The topological polar surface area (TPSA) is 50.2 Å². The van der Waals surface area contributed by atoms with Gasteiger partial charge in [-0.1, -0.05) is 6.07 Å². The highest BCUT2D eigenvalue weighted by Crippen LogP contribution is 2.21. The maximum atomic E-state index is 13.7. The summed E-state index contributed by atoms with van der Waals surface area (Å²) < 4.78 is 15.8. The second-order valence-corrected chi connectivity index (χ2v) is 5.90. The van der Waals surface area contributed by atoms with Crippen LogP contribution in [-0.2, 0) is 6.54 Å². The molecule has 6 heteroatoms. The molecule has 1 aromatic carbocycles. The Bertz CT molecular complexity index is 872. The van der Waals surface area contributed by atoms with Crippen LogP contribution in [0.15, 0.2) is 48.9 Å². The number of nitrogens with one attached hydrogen (secondary N) is 1. The van der Waals surface area contributed by atoms with Gasteiger partial charge in [-0.15, -0.1) is 0 Å². The Morgan fingerprint density at radius 2 is 2.12 bits per heavy atom. The molecule has 0 aliphatic rings. The Balaban J connectivity index is 1.83. The average Bonchev–Trinajstić information content (AvgIpc) is 2.95. The number of carbonyl (C=O) groups is 1. The first-order valence-electron chi connectivity index (χ1n) is 7.69. The van der Waals surface area contributed by atoms with Crippen molar-refractivity contribution >= 4 is 22.5 Å². The molecule has 1 N–H and O–H groups in total. The van der Waals surface area contributed by atoms with E-state index in [9.17, 15) is 9.18 Å². The van der Waals surface area contributed by atoms with Crippen LogP contribution in [0.3, 0.4) is 0 Å². The first kappa shape index (κ1) is 16.1. The monoisotopic (exact) mass is 326 g/mol. The lowest BCUT2D eigenvalue weighted by Crippen LogP contribution is -2.18. The third kappa shape index (κ3) is 3.44. The molecule has 2 heterocycles. The molecule has 3 aromatic rings. The summed E-state index contributed by atoms with van der Waals surface area (Å²) in [5.74, 6) is -1.12. The molecule has 0 saturated carbocycles. The number of aromatic nitrogens is 2. The van der Waals surface area contributed by atoms with E-state index < -0.39 is 11.7 Å². The molecule has 24 heavy (non-hydrogen) atoms. The van der Waals surface area contributed by atoms with Crippen molar-refractivity contribution in [2.24, 2.45) is 0 Å². The molecule has 5 nitrogen and oxygen atoms in total. The highest BCUT2D eigenvalue weighted by molar-refractivity contribution is 6.05. The summed E-state index contributed by atoms with van der Waals surface area (Å²) in [5.41, 5.74) is 1.64. The summed E-state index contributed by atoms with van der Waals surface area (Å²) in [6, 6.07) is 9.07. The molecule has 3 rings (SSSR count). The van der Waals surface area contributed by atoms with Crippen molar-refractivity contribution in [3.8, 4) is 0 Å². The smallest absolute Gasteiger partial charge is 0.258 e. The number of fused-ring (bicyclic) bond motifs is 1. The maximum absolute atomic E-state index is 13.7. The van der Waals surface area contributed by atoms with Gasteiger partial charge in [0.1, 0.15) is 0 Å². The molecule has 0 spiro atoms. The summed E-state index contributed by atoms with van der Waals surface area (Å²) in [6.45, 7) is 1.77. The fraction of sp³-hybridized carbons (Fsp3) is 0.222. The van der Waals surface area contributed by atoms with Crippen molar-refractivity contribution in [1.29, 1.82) is 0 Å². The van der Waals surface area contributed by atoms with Crippen LogP contribution in [0.25, 0.3) is 10.9 Å². The second-order valence-electron chi connectivity index (χ2n) is 5.90. The minimum atomic E-state index is -0.634. The van der Waals surface area contributed by atoms with Crippen LogP contribution in [-0.4, -0.2) is 41.0 Å². The molecule has 0 fully saturated rings. The number of hydrogen-bond acceptors (Lipinski definition) is 3. The van der Waals surface area contributed by atoms with E-state index in [1.807, 2.05) is 44.6 Å². The number of hydrogen-bond donors (Lipinski definition) is 1. The third-order valence-corrected chi connectivity index (χ3v) is 3.84. The van der Waals surface area contributed by atoms with Gasteiger partial charge in [0.2, 0.25) is 0 Å². The van der Waals surface area contributed by atoms with Crippen LogP contribution in [0.1, 0.15) is 10.4 Å². The predicted octanol–water partition coefficient (Wildman–Crippen LogP) is 2.99. The number of pyridine rings is 1. The number of amides is 1. The number of nitrogens with zero attached hydrogens (tertiary/aromatic N) is 3. The largest absolute Gasteiger partial charge is 0.346 e. The zero-order valence-corrected chi connectivity index (χ0v) is 13.7. The van der Waals surface area contributed by atoms with E-state index in [4.69, 9.17) is 0 Å². The molecule has 0 radical (unpaired) electrons. The Morgan fingerprint density at radius 3 is 2.88 bits per heavy atom. The normalized spacial score (nSPS) is 11.2. The molecule has 2 aromatic heterocycles. The van der Waals surface area contributed by atoms with Gasteiger partial charge in [0.25, 0.3) is 5.91 Å². The number of halogens is 1. The Morgan fingerprint density at radius 1 is 1.29 bits per heavy atom. The standard InChI is InChI=1S/C18H19FN4O/c1-22(2)9-10-23-8-6-13-3-4-14(11-17(13)23)21-18(24)15-5-7-20-12-16(15)19/h3-8,11-12H,9-10H2,1-2H3,(H,21,24). The molecule has 0 bridgehead atoms. The van der Waals surface area contributed by atoms with Crippen LogP contribution in [0.2, 0.25) is 0 Å². The van der Waals surface area contributed by atoms with E-state index in [1.165, 1.54) is 12.3 Å².